The SMILES string of the molecule is CCNc1cc(Nc2ccc(NS(=O)(=O)c3ccc(OC)c(C)c3)cc2)nc(C)n1. The predicted octanol–water partition coefficient (Wildman–Crippen LogP) is 4.08. The van der Waals surface area contributed by atoms with Gasteiger partial charge in [-0.3, -0.25) is 4.72 Å². The second kappa shape index (κ2) is 9.00. The Morgan fingerprint density at radius 3 is 2.23 bits per heavy atom. The van der Waals surface area contributed by atoms with E-state index in [0.717, 1.165) is 23.6 Å². The highest BCUT2D eigenvalue weighted by atomic mass is 32.2. The number of methoxy groups -OCH3 is 1. The first kappa shape index (κ1) is 21.4. The minimum atomic E-state index is -3.70. The summed E-state index contributed by atoms with van der Waals surface area (Å²) < 4.78 is 33.1. The van der Waals surface area contributed by atoms with Crippen molar-refractivity contribution in [2.24, 2.45) is 0 Å². The number of rotatable bonds is 8. The summed E-state index contributed by atoms with van der Waals surface area (Å²) in [5, 5.41) is 6.36. The number of hydrogen-bond acceptors (Lipinski definition) is 7. The molecule has 2 aromatic carbocycles. The van der Waals surface area contributed by atoms with Crippen LogP contribution in [0.15, 0.2) is 53.4 Å². The Morgan fingerprint density at radius 1 is 0.933 bits per heavy atom. The summed E-state index contributed by atoms with van der Waals surface area (Å²) in [5.74, 6) is 2.68. The Balaban J connectivity index is 1.73. The summed E-state index contributed by atoms with van der Waals surface area (Å²) >= 11 is 0. The molecule has 0 saturated carbocycles. The van der Waals surface area contributed by atoms with Crippen molar-refractivity contribution in [3.05, 3.63) is 59.9 Å². The lowest BCUT2D eigenvalue weighted by molar-refractivity contribution is 0.411. The second-order valence-electron chi connectivity index (χ2n) is 6.66. The van der Waals surface area contributed by atoms with Gasteiger partial charge in [-0.25, -0.2) is 18.4 Å². The molecule has 1 heterocycles. The highest BCUT2D eigenvalue weighted by Gasteiger charge is 2.15. The molecule has 0 spiro atoms. The number of anilines is 4. The molecule has 158 valence electrons. The summed E-state index contributed by atoms with van der Waals surface area (Å²) in [4.78, 5) is 8.87. The fourth-order valence-electron chi connectivity index (χ4n) is 2.91. The molecule has 0 radical (unpaired) electrons. The van der Waals surface area contributed by atoms with E-state index in [2.05, 4.69) is 25.3 Å². The Bertz CT molecular complexity index is 1130. The van der Waals surface area contributed by atoms with Gasteiger partial charge in [-0.15, -0.1) is 0 Å². The van der Waals surface area contributed by atoms with Gasteiger partial charge in [-0.1, -0.05) is 0 Å². The van der Waals surface area contributed by atoms with Crippen molar-refractivity contribution in [3.63, 3.8) is 0 Å². The maximum Gasteiger partial charge on any atom is 0.261 e. The van der Waals surface area contributed by atoms with Gasteiger partial charge in [0.05, 0.1) is 12.0 Å². The lowest BCUT2D eigenvalue weighted by atomic mass is 10.2. The molecule has 1 aromatic heterocycles. The van der Waals surface area contributed by atoms with E-state index in [4.69, 9.17) is 4.74 Å². The highest BCUT2D eigenvalue weighted by molar-refractivity contribution is 7.92. The van der Waals surface area contributed by atoms with Crippen LogP contribution in [-0.4, -0.2) is 32.0 Å². The van der Waals surface area contributed by atoms with E-state index in [1.165, 1.54) is 6.07 Å². The van der Waals surface area contributed by atoms with Crippen LogP contribution in [0.25, 0.3) is 0 Å². The Morgan fingerprint density at radius 2 is 1.60 bits per heavy atom. The summed E-state index contributed by atoms with van der Waals surface area (Å²) in [6.07, 6.45) is 0. The number of benzene rings is 2. The van der Waals surface area contributed by atoms with Crippen LogP contribution < -0.4 is 20.1 Å². The zero-order valence-corrected chi connectivity index (χ0v) is 18.2. The first-order valence-corrected chi connectivity index (χ1v) is 10.9. The number of aromatic nitrogens is 2. The molecule has 3 aromatic rings. The van der Waals surface area contributed by atoms with Crippen molar-refractivity contribution in [1.29, 1.82) is 0 Å². The van der Waals surface area contributed by atoms with Crippen LogP contribution >= 0.6 is 0 Å². The molecule has 0 aliphatic heterocycles. The molecule has 0 fully saturated rings. The lowest BCUT2D eigenvalue weighted by Crippen LogP contribution is -2.13. The molecule has 30 heavy (non-hydrogen) atoms. The number of ether oxygens (including phenoxy) is 1. The Kier molecular flexibility index (Phi) is 6.41. The van der Waals surface area contributed by atoms with E-state index in [-0.39, 0.29) is 4.90 Å². The first-order chi connectivity index (χ1) is 14.3. The van der Waals surface area contributed by atoms with Gasteiger partial charge in [-0.05, 0) is 68.8 Å². The average molecular weight is 428 g/mol. The van der Waals surface area contributed by atoms with Crippen LogP contribution in [0.1, 0.15) is 18.3 Å². The molecule has 0 aliphatic rings. The number of nitrogens with one attached hydrogen (secondary N) is 3. The van der Waals surface area contributed by atoms with Gasteiger partial charge in [0, 0.05) is 24.0 Å². The molecule has 8 nitrogen and oxygen atoms in total. The maximum atomic E-state index is 12.7. The normalized spacial score (nSPS) is 11.1. The number of sulfonamides is 1. The monoisotopic (exact) mass is 427 g/mol. The van der Waals surface area contributed by atoms with Crippen molar-refractivity contribution >= 4 is 33.0 Å². The van der Waals surface area contributed by atoms with Gasteiger partial charge < -0.3 is 15.4 Å². The van der Waals surface area contributed by atoms with E-state index in [1.807, 2.05) is 19.9 Å². The molecule has 0 saturated heterocycles. The molecular weight excluding hydrogens is 402 g/mol. The van der Waals surface area contributed by atoms with E-state index < -0.39 is 10.0 Å². The quantitative estimate of drug-likeness (QED) is 0.497. The molecule has 3 N–H and O–H groups in total. The van der Waals surface area contributed by atoms with Gasteiger partial charge >= 0.3 is 0 Å². The predicted molar refractivity (Wildman–Crippen MR) is 119 cm³/mol. The zero-order chi connectivity index (χ0) is 21.7. The van der Waals surface area contributed by atoms with Gasteiger partial charge in [0.15, 0.2) is 0 Å². The summed E-state index contributed by atoms with van der Waals surface area (Å²) in [6.45, 7) is 6.38. The third kappa shape index (κ3) is 5.18. The van der Waals surface area contributed by atoms with Gasteiger partial charge in [-0.2, -0.15) is 0 Å². The molecule has 0 atom stereocenters. The molecular formula is C21H25N5O3S. The third-order valence-electron chi connectivity index (χ3n) is 4.28. The summed E-state index contributed by atoms with van der Waals surface area (Å²) in [5.41, 5.74) is 1.98. The van der Waals surface area contributed by atoms with Crippen LogP contribution in [0.5, 0.6) is 5.75 Å². The van der Waals surface area contributed by atoms with Gasteiger partial charge in [0.25, 0.3) is 10.0 Å². The standard InChI is InChI=1S/C21H25N5O3S/c1-5-22-20-13-21(24-15(3)23-20)25-16-6-8-17(9-7-16)26-30(27,28)18-10-11-19(29-4)14(2)12-18/h6-13,26H,5H2,1-4H3,(H2,22,23,24,25). The molecule has 0 amide bonds. The molecule has 0 unspecified atom stereocenters. The fraction of sp³-hybridized carbons (Fsp3) is 0.238. The summed E-state index contributed by atoms with van der Waals surface area (Å²) in [6, 6.07) is 13.5. The van der Waals surface area contributed by atoms with Gasteiger partial charge in [0.1, 0.15) is 23.2 Å². The number of nitrogens with zero attached hydrogens (tertiary/aromatic N) is 2. The minimum Gasteiger partial charge on any atom is -0.496 e. The summed E-state index contributed by atoms with van der Waals surface area (Å²) in [7, 11) is -2.16. The van der Waals surface area contributed by atoms with Crippen LogP contribution in [0.2, 0.25) is 0 Å². The second-order valence-corrected chi connectivity index (χ2v) is 8.34. The smallest absolute Gasteiger partial charge is 0.261 e. The van der Waals surface area contributed by atoms with Crippen molar-refractivity contribution in [3.8, 4) is 5.75 Å². The number of hydrogen-bond donors (Lipinski definition) is 3. The fourth-order valence-corrected chi connectivity index (χ4v) is 4.05. The van der Waals surface area contributed by atoms with Crippen molar-refractivity contribution in [2.75, 3.05) is 29.0 Å². The molecule has 9 heteroatoms. The first-order valence-electron chi connectivity index (χ1n) is 9.45. The van der Waals surface area contributed by atoms with Crippen molar-refractivity contribution in [1.82, 2.24) is 9.97 Å². The molecule has 0 aliphatic carbocycles. The van der Waals surface area contributed by atoms with Crippen molar-refractivity contribution in [2.45, 2.75) is 25.7 Å². The Hall–Kier alpha value is -3.33. The van der Waals surface area contributed by atoms with Crippen LogP contribution in [0.4, 0.5) is 23.0 Å². The molecule has 3 rings (SSSR count). The van der Waals surface area contributed by atoms with E-state index in [1.54, 1.807) is 50.4 Å². The van der Waals surface area contributed by atoms with Crippen molar-refractivity contribution < 1.29 is 13.2 Å². The topological polar surface area (TPSA) is 105 Å². The lowest BCUT2D eigenvalue weighted by Gasteiger charge is -2.12. The average Bonchev–Trinajstić information content (AvgIpc) is 2.69. The minimum absolute atomic E-state index is 0.176. The maximum absolute atomic E-state index is 12.7. The zero-order valence-electron chi connectivity index (χ0n) is 17.4. The van der Waals surface area contributed by atoms with E-state index in [9.17, 15) is 8.42 Å². The molecule has 0 bridgehead atoms. The van der Waals surface area contributed by atoms with Crippen LogP contribution in [-0.2, 0) is 10.0 Å². The van der Waals surface area contributed by atoms with E-state index in [0.29, 0.717) is 23.1 Å². The highest BCUT2D eigenvalue weighted by Crippen LogP contribution is 2.24. The van der Waals surface area contributed by atoms with Gasteiger partial charge in [0.2, 0.25) is 0 Å². The Labute approximate surface area is 176 Å². The largest absolute Gasteiger partial charge is 0.496 e. The van der Waals surface area contributed by atoms with E-state index >= 15 is 0 Å². The third-order valence-corrected chi connectivity index (χ3v) is 5.66. The van der Waals surface area contributed by atoms with Crippen LogP contribution in [0, 0.1) is 13.8 Å². The number of aryl methyl sites for hydroxylation is 2. The van der Waals surface area contributed by atoms with Crippen LogP contribution in [0.3, 0.4) is 0 Å².